The number of hydrogen-bond acceptors (Lipinski definition) is 8. The third-order valence-electron chi connectivity index (χ3n) is 4.86. The number of ether oxygens (including phenoxy) is 2. The van der Waals surface area contributed by atoms with Crippen molar-refractivity contribution < 1.29 is 33.6 Å². The fourth-order valence-corrected chi connectivity index (χ4v) is 3.22. The van der Waals surface area contributed by atoms with Gasteiger partial charge in [0.1, 0.15) is 0 Å². The molecule has 1 saturated heterocycles. The third-order valence-corrected chi connectivity index (χ3v) is 4.86. The molecule has 0 radical (unpaired) electrons. The van der Waals surface area contributed by atoms with E-state index in [2.05, 4.69) is 5.32 Å². The average molecular weight is 455 g/mol. The number of nitro groups is 1. The summed E-state index contributed by atoms with van der Waals surface area (Å²) in [5.41, 5.74) is 1.07. The molecule has 1 N–H and O–H groups in total. The van der Waals surface area contributed by atoms with E-state index in [0.717, 1.165) is 0 Å². The van der Waals surface area contributed by atoms with Crippen molar-refractivity contribution in [1.82, 2.24) is 0 Å². The van der Waals surface area contributed by atoms with Crippen molar-refractivity contribution in [3.8, 4) is 0 Å². The fourth-order valence-electron chi connectivity index (χ4n) is 3.22. The molecule has 1 atom stereocenters. The molecule has 0 aromatic heterocycles. The highest BCUT2D eigenvalue weighted by Crippen LogP contribution is 2.27. The van der Waals surface area contributed by atoms with Crippen molar-refractivity contribution >= 4 is 40.8 Å². The van der Waals surface area contributed by atoms with Gasteiger partial charge < -0.3 is 19.7 Å². The Morgan fingerprint density at radius 3 is 2.36 bits per heavy atom. The third kappa shape index (κ3) is 5.91. The van der Waals surface area contributed by atoms with Gasteiger partial charge in [-0.1, -0.05) is 0 Å². The predicted octanol–water partition coefficient (Wildman–Crippen LogP) is 2.31. The summed E-state index contributed by atoms with van der Waals surface area (Å²) in [6, 6.07) is 11.4. The van der Waals surface area contributed by atoms with Crippen molar-refractivity contribution in [2.24, 2.45) is 5.92 Å². The van der Waals surface area contributed by atoms with Gasteiger partial charge in [0.15, 0.2) is 6.61 Å². The summed E-state index contributed by atoms with van der Waals surface area (Å²) in [6.07, 6.45) is -0.0905. The molecule has 0 unspecified atom stereocenters. The molecule has 11 nitrogen and oxygen atoms in total. The molecule has 11 heteroatoms. The van der Waals surface area contributed by atoms with Crippen LogP contribution in [-0.4, -0.2) is 48.4 Å². The fraction of sp³-hybridized carbons (Fsp3) is 0.273. The molecule has 33 heavy (non-hydrogen) atoms. The molecule has 3 rings (SSSR count). The Kier molecular flexibility index (Phi) is 7.34. The van der Waals surface area contributed by atoms with Gasteiger partial charge in [-0.15, -0.1) is 0 Å². The molecule has 0 aliphatic carbocycles. The van der Waals surface area contributed by atoms with Crippen LogP contribution in [0.4, 0.5) is 17.1 Å². The van der Waals surface area contributed by atoms with Gasteiger partial charge in [-0.3, -0.25) is 24.5 Å². The number of nitrogens with one attached hydrogen (secondary N) is 1. The first-order chi connectivity index (χ1) is 15.8. The zero-order valence-electron chi connectivity index (χ0n) is 17.7. The number of amides is 2. The number of benzene rings is 2. The van der Waals surface area contributed by atoms with E-state index in [1.807, 2.05) is 0 Å². The van der Waals surface area contributed by atoms with E-state index >= 15 is 0 Å². The van der Waals surface area contributed by atoms with Crippen LogP contribution in [0.5, 0.6) is 0 Å². The largest absolute Gasteiger partial charge is 0.462 e. The van der Waals surface area contributed by atoms with Gasteiger partial charge in [0.25, 0.3) is 11.6 Å². The predicted molar refractivity (Wildman–Crippen MR) is 116 cm³/mol. The van der Waals surface area contributed by atoms with Crippen molar-refractivity contribution in [3.05, 3.63) is 64.2 Å². The van der Waals surface area contributed by atoms with E-state index in [1.54, 1.807) is 6.92 Å². The molecule has 1 aliphatic heterocycles. The molecule has 2 amide bonds. The van der Waals surface area contributed by atoms with Crippen LogP contribution >= 0.6 is 0 Å². The first kappa shape index (κ1) is 23.4. The second kappa shape index (κ2) is 10.4. The number of rotatable bonds is 8. The summed E-state index contributed by atoms with van der Waals surface area (Å²) in [4.78, 5) is 59.9. The van der Waals surface area contributed by atoms with E-state index in [0.29, 0.717) is 16.9 Å². The number of carbonyl (C=O) groups excluding carboxylic acids is 4. The molecule has 172 valence electrons. The summed E-state index contributed by atoms with van der Waals surface area (Å²) in [7, 11) is 0. The minimum Gasteiger partial charge on any atom is -0.462 e. The average Bonchev–Trinajstić information content (AvgIpc) is 3.20. The van der Waals surface area contributed by atoms with Crippen LogP contribution in [0.1, 0.15) is 23.7 Å². The van der Waals surface area contributed by atoms with Crippen LogP contribution in [0.3, 0.4) is 0 Å². The quantitative estimate of drug-likeness (QED) is 0.363. The van der Waals surface area contributed by atoms with Gasteiger partial charge in [-0.2, -0.15) is 0 Å². The van der Waals surface area contributed by atoms with Crippen molar-refractivity contribution in [1.29, 1.82) is 0 Å². The van der Waals surface area contributed by atoms with Gasteiger partial charge in [0.2, 0.25) is 5.91 Å². The minimum atomic E-state index is -0.760. The van der Waals surface area contributed by atoms with Crippen molar-refractivity contribution in [2.75, 3.05) is 30.0 Å². The maximum atomic E-state index is 12.3. The van der Waals surface area contributed by atoms with Gasteiger partial charge in [-0.25, -0.2) is 4.79 Å². The number of nitrogens with zero attached hydrogens (tertiary/aromatic N) is 2. The monoisotopic (exact) mass is 455 g/mol. The standard InChI is InChI=1S/C22H21N3O8/c1-2-32-21(28)14-3-5-16(6-4-14)23-19(26)13-33-22(29)15-11-20(27)24(12-15)17-7-9-18(10-8-17)25(30)31/h3-10,15H,2,11-13H2,1H3,(H,23,26)/t15-/m0/s1. The Morgan fingerprint density at radius 1 is 1.09 bits per heavy atom. The maximum absolute atomic E-state index is 12.3. The number of esters is 2. The Balaban J connectivity index is 1.49. The highest BCUT2D eigenvalue weighted by molar-refractivity contribution is 6.00. The van der Waals surface area contributed by atoms with Crippen molar-refractivity contribution in [2.45, 2.75) is 13.3 Å². The smallest absolute Gasteiger partial charge is 0.338 e. The van der Waals surface area contributed by atoms with E-state index < -0.39 is 35.3 Å². The molecule has 2 aromatic carbocycles. The zero-order chi connectivity index (χ0) is 24.0. The number of non-ortho nitro benzene ring substituents is 1. The second-order valence-electron chi connectivity index (χ2n) is 7.13. The van der Waals surface area contributed by atoms with Crippen LogP contribution in [-0.2, 0) is 23.9 Å². The molecule has 0 spiro atoms. The van der Waals surface area contributed by atoms with E-state index in [1.165, 1.54) is 53.4 Å². The van der Waals surface area contributed by atoms with E-state index in [-0.39, 0.29) is 31.2 Å². The van der Waals surface area contributed by atoms with Gasteiger partial charge in [-0.05, 0) is 43.3 Å². The second-order valence-corrected chi connectivity index (χ2v) is 7.13. The molecule has 1 heterocycles. The number of hydrogen-bond donors (Lipinski definition) is 1. The lowest BCUT2D eigenvalue weighted by Crippen LogP contribution is -2.28. The topological polar surface area (TPSA) is 145 Å². The first-order valence-corrected chi connectivity index (χ1v) is 10.1. The summed E-state index contributed by atoms with van der Waals surface area (Å²) in [6.45, 7) is 1.45. The lowest BCUT2D eigenvalue weighted by Gasteiger charge is -2.16. The Labute approximate surface area is 188 Å². The van der Waals surface area contributed by atoms with Crippen molar-refractivity contribution in [3.63, 3.8) is 0 Å². The van der Waals surface area contributed by atoms with Crippen LogP contribution in [0.25, 0.3) is 0 Å². The Bertz CT molecular complexity index is 1070. The molecule has 0 bridgehead atoms. The Hall–Kier alpha value is -4.28. The van der Waals surface area contributed by atoms with Gasteiger partial charge in [0, 0.05) is 36.5 Å². The van der Waals surface area contributed by atoms with Crippen LogP contribution in [0.2, 0.25) is 0 Å². The summed E-state index contributed by atoms with van der Waals surface area (Å²) >= 11 is 0. The molecule has 0 saturated carbocycles. The normalized spacial score (nSPS) is 15.1. The van der Waals surface area contributed by atoms with E-state index in [4.69, 9.17) is 9.47 Å². The molecule has 1 fully saturated rings. The Morgan fingerprint density at radius 2 is 1.76 bits per heavy atom. The highest BCUT2D eigenvalue weighted by atomic mass is 16.6. The molecular weight excluding hydrogens is 434 g/mol. The minimum absolute atomic E-state index is 0.0480. The molecule has 2 aromatic rings. The molecular formula is C22H21N3O8. The molecule has 1 aliphatic rings. The lowest BCUT2D eigenvalue weighted by molar-refractivity contribution is -0.384. The number of carbonyl (C=O) groups is 4. The summed E-state index contributed by atoms with van der Waals surface area (Å²) < 4.78 is 9.93. The lowest BCUT2D eigenvalue weighted by atomic mass is 10.1. The van der Waals surface area contributed by atoms with E-state index in [9.17, 15) is 29.3 Å². The van der Waals surface area contributed by atoms with Gasteiger partial charge in [0.05, 0.1) is 23.0 Å². The van der Waals surface area contributed by atoms with Crippen LogP contribution in [0.15, 0.2) is 48.5 Å². The van der Waals surface area contributed by atoms with Crippen LogP contribution < -0.4 is 10.2 Å². The van der Waals surface area contributed by atoms with Crippen LogP contribution in [0, 0.1) is 16.0 Å². The van der Waals surface area contributed by atoms with Gasteiger partial charge >= 0.3 is 11.9 Å². The number of nitro benzene ring substituents is 1. The number of anilines is 2. The highest BCUT2D eigenvalue weighted by Gasteiger charge is 2.36. The summed E-state index contributed by atoms with van der Waals surface area (Å²) in [5, 5.41) is 13.3. The maximum Gasteiger partial charge on any atom is 0.338 e. The zero-order valence-corrected chi connectivity index (χ0v) is 17.7. The summed E-state index contributed by atoms with van der Waals surface area (Å²) in [5.74, 6) is -2.83. The SMILES string of the molecule is CCOC(=O)c1ccc(NC(=O)COC(=O)[C@H]2CC(=O)N(c3ccc([N+](=O)[O-])cc3)C2)cc1. The first-order valence-electron chi connectivity index (χ1n) is 10.1.